The molecule has 4 heterocycles. The van der Waals surface area contributed by atoms with Crippen molar-refractivity contribution in [2.24, 2.45) is 4.99 Å². The highest BCUT2D eigenvalue weighted by Gasteiger charge is 2.46. The Hall–Kier alpha value is -4.09. The Morgan fingerprint density at radius 1 is 1.07 bits per heavy atom. The summed E-state index contributed by atoms with van der Waals surface area (Å²) < 4.78 is 12.1. The van der Waals surface area contributed by atoms with Gasteiger partial charge in [0.15, 0.2) is 5.69 Å². The van der Waals surface area contributed by atoms with Crippen LogP contribution >= 0.6 is 11.3 Å². The fourth-order valence-electron chi connectivity index (χ4n) is 5.70. The van der Waals surface area contributed by atoms with Crippen molar-refractivity contribution in [3.05, 3.63) is 70.7 Å². The third-order valence-corrected chi connectivity index (χ3v) is 9.91. The van der Waals surface area contributed by atoms with Gasteiger partial charge in [0, 0.05) is 23.1 Å². The first-order chi connectivity index (χ1) is 20.1. The third kappa shape index (κ3) is 4.31. The summed E-state index contributed by atoms with van der Waals surface area (Å²) in [5.74, 6) is 0.0203. The van der Waals surface area contributed by atoms with E-state index in [1.165, 1.54) is 0 Å². The number of ether oxygens (including phenoxy) is 1. The van der Waals surface area contributed by atoms with Crippen molar-refractivity contribution in [1.82, 2.24) is 15.2 Å². The number of benzodiazepines with no additional fused rings is 1. The Morgan fingerprint density at radius 2 is 1.90 bits per heavy atom. The number of aromatic nitrogens is 3. The average Bonchev–Trinajstić information content (AvgIpc) is 3.37. The number of benzene rings is 2. The van der Waals surface area contributed by atoms with Crippen LogP contribution in [0.1, 0.15) is 48.7 Å². The number of carbonyl (C=O) groups is 1. The van der Waals surface area contributed by atoms with Crippen molar-refractivity contribution in [2.45, 2.75) is 56.3 Å². The van der Waals surface area contributed by atoms with Crippen LogP contribution < -0.4 is 15.5 Å². The van der Waals surface area contributed by atoms with Crippen LogP contribution in [0.2, 0.25) is 0 Å². The normalized spacial score (nSPS) is 24.3. The number of para-hydroxylation sites is 1. The number of rotatable bonds is 6. The zero-order chi connectivity index (χ0) is 27.6. The van der Waals surface area contributed by atoms with Crippen LogP contribution in [0, 0.1) is 0 Å². The molecule has 0 spiro atoms. The standard InChI is InChI=1S/C30H29N7O3S/c1-30(13-14-30)28-33-23(27(41-28)37-15-16-39-21-12-11-20(21)37)26-35-36-29(40-26)34-24-25(38)31-19-10-6-5-9-18(19)22(32-24)17-7-3-2-4-8-17/h2-10,20-21,24H,11-16H2,1H3,(H,31,38)(H,34,36)/t20-,21+,24-/m1/s1. The molecule has 1 saturated heterocycles. The molecule has 2 aliphatic heterocycles. The molecule has 4 aliphatic rings. The zero-order valence-electron chi connectivity index (χ0n) is 22.5. The fourth-order valence-corrected chi connectivity index (χ4v) is 7.05. The summed E-state index contributed by atoms with van der Waals surface area (Å²) in [5, 5.41) is 16.9. The van der Waals surface area contributed by atoms with Crippen molar-refractivity contribution in [2.75, 3.05) is 28.7 Å². The minimum Gasteiger partial charge on any atom is -0.402 e. The second kappa shape index (κ2) is 9.49. The van der Waals surface area contributed by atoms with Gasteiger partial charge >= 0.3 is 6.01 Å². The number of hydrogen-bond donors (Lipinski definition) is 2. The molecule has 10 nitrogen and oxygen atoms in total. The lowest BCUT2D eigenvalue weighted by molar-refractivity contribution is -0.116. The van der Waals surface area contributed by atoms with Crippen LogP contribution in [0.25, 0.3) is 11.6 Å². The number of carbonyl (C=O) groups excluding carboxylic acids is 1. The molecule has 2 N–H and O–H groups in total. The predicted molar refractivity (Wildman–Crippen MR) is 157 cm³/mol. The lowest BCUT2D eigenvalue weighted by Gasteiger charge is -2.48. The average molecular weight is 568 g/mol. The van der Waals surface area contributed by atoms with Gasteiger partial charge in [-0.3, -0.25) is 4.79 Å². The second-order valence-electron chi connectivity index (χ2n) is 11.3. The highest BCUT2D eigenvalue weighted by Crippen LogP contribution is 2.53. The molecule has 2 saturated carbocycles. The van der Waals surface area contributed by atoms with Crippen molar-refractivity contribution >= 4 is 39.7 Å². The molecule has 11 heteroatoms. The van der Waals surface area contributed by atoms with Gasteiger partial charge in [0.1, 0.15) is 10.0 Å². The van der Waals surface area contributed by atoms with E-state index in [0.717, 1.165) is 53.4 Å². The van der Waals surface area contributed by atoms with Gasteiger partial charge in [0.2, 0.25) is 6.17 Å². The van der Waals surface area contributed by atoms with E-state index < -0.39 is 6.17 Å². The fraction of sp³-hybridized carbons (Fsp3) is 0.367. The Bertz CT molecular complexity index is 1660. The van der Waals surface area contributed by atoms with E-state index in [1.54, 1.807) is 11.3 Å². The first kappa shape index (κ1) is 24.7. The van der Waals surface area contributed by atoms with Gasteiger partial charge in [-0.05, 0) is 31.7 Å². The summed E-state index contributed by atoms with van der Waals surface area (Å²) in [6, 6.07) is 17.9. The quantitative estimate of drug-likeness (QED) is 0.340. The second-order valence-corrected chi connectivity index (χ2v) is 12.3. The number of amides is 1. The van der Waals surface area contributed by atoms with Crippen LogP contribution in [0.4, 0.5) is 16.7 Å². The summed E-state index contributed by atoms with van der Waals surface area (Å²) >= 11 is 1.73. The summed E-state index contributed by atoms with van der Waals surface area (Å²) in [6.07, 6.45) is 3.75. The van der Waals surface area contributed by atoms with E-state index in [2.05, 4.69) is 32.7 Å². The molecule has 4 aromatic rings. The molecule has 0 unspecified atom stereocenters. The number of anilines is 3. The maximum absolute atomic E-state index is 13.3. The smallest absolute Gasteiger partial charge is 0.317 e. The topological polar surface area (TPSA) is 118 Å². The van der Waals surface area contributed by atoms with Crippen LogP contribution in [-0.4, -0.2) is 58.3 Å². The summed E-state index contributed by atoms with van der Waals surface area (Å²) in [6.45, 7) is 3.77. The van der Waals surface area contributed by atoms with E-state index in [4.69, 9.17) is 19.1 Å². The molecular weight excluding hydrogens is 538 g/mol. The number of morpholine rings is 1. The number of hydrogen-bond acceptors (Lipinski definition) is 10. The van der Waals surface area contributed by atoms with Crippen LogP contribution in [0.5, 0.6) is 0 Å². The summed E-state index contributed by atoms with van der Waals surface area (Å²) in [7, 11) is 0. The Balaban J connectivity index is 1.13. The van der Waals surface area contributed by atoms with Crippen molar-refractivity contribution in [3.63, 3.8) is 0 Å². The van der Waals surface area contributed by atoms with Gasteiger partial charge in [-0.1, -0.05) is 60.6 Å². The summed E-state index contributed by atoms with van der Waals surface area (Å²) in [4.78, 5) is 25.6. The number of nitrogens with one attached hydrogen (secondary N) is 2. The van der Waals surface area contributed by atoms with Gasteiger partial charge in [-0.15, -0.1) is 16.4 Å². The summed E-state index contributed by atoms with van der Waals surface area (Å²) in [5.41, 5.74) is 3.96. The van der Waals surface area contributed by atoms with Gasteiger partial charge in [-0.25, -0.2) is 9.98 Å². The molecule has 0 radical (unpaired) electrons. The number of aliphatic imine (C=N–C) groups is 1. The molecule has 0 bridgehead atoms. The van der Waals surface area contributed by atoms with Gasteiger partial charge in [0.05, 0.1) is 30.2 Å². The first-order valence-corrected chi connectivity index (χ1v) is 14.9. The Morgan fingerprint density at radius 3 is 2.71 bits per heavy atom. The van der Waals surface area contributed by atoms with E-state index >= 15 is 0 Å². The minimum absolute atomic E-state index is 0.111. The van der Waals surface area contributed by atoms with Crippen molar-refractivity contribution < 1.29 is 13.9 Å². The molecule has 3 fully saturated rings. The highest BCUT2D eigenvalue weighted by atomic mass is 32.1. The molecule has 2 aromatic heterocycles. The van der Waals surface area contributed by atoms with Gasteiger partial charge in [-0.2, -0.15) is 0 Å². The van der Waals surface area contributed by atoms with Crippen molar-refractivity contribution in [1.29, 1.82) is 0 Å². The van der Waals surface area contributed by atoms with Crippen LogP contribution in [0.15, 0.2) is 64.0 Å². The van der Waals surface area contributed by atoms with E-state index in [-0.39, 0.29) is 23.4 Å². The minimum atomic E-state index is -0.975. The molecule has 1 amide bonds. The maximum Gasteiger partial charge on any atom is 0.317 e. The van der Waals surface area contributed by atoms with E-state index in [0.29, 0.717) is 35.6 Å². The third-order valence-electron chi connectivity index (χ3n) is 8.51. The number of nitrogens with zero attached hydrogens (tertiary/aromatic N) is 5. The first-order valence-electron chi connectivity index (χ1n) is 14.1. The van der Waals surface area contributed by atoms with Crippen LogP contribution in [0.3, 0.4) is 0 Å². The van der Waals surface area contributed by atoms with E-state index in [9.17, 15) is 4.79 Å². The van der Waals surface area contributed by atoms with E-state index in [1.807, 2.05) is 54.6 Å². The van der Waals surface area contributed by atoms with Gasteiger partial charge in [0.25, 0.3) is 11.8 Å². The van der Waals surface area contributed by atoms with Gasteiger partial charge < -0.3 is 24.7 Å². The molecule has 2 aromatic carbocycles. The lowest BCUT2D eigenvalue weighted by Crippen LogP contribution is -2.57. The molecule has 8 rings (SSSR count). The maximum atomic E-state index is 13.3. The Kier molecular flexibility index (Phi) is 5.71. The lowest BCUT2D eigenvalue weighted by atomic mass is 9.86. The zero-order valence-corrected chi connectivity index (χ0v) is 23.4. The molecular formula is C30H29N7O3S. The largest absolute Gasteiger partial charge is 0.402 e. The monoisotopic (exact) mass is 567 g/mol. The Labute approximate surface area is 240 Å². The predicted octanol–water partition coefficient (Wildman–Crippen LogP) is 4.84. The molecule has 208 valence electrons. The molecule has 2 aliphatic carbocycles. The molecule has 3 atom stereocenters. The molecule has 41 heavy (non-hydrogen) atoms. The number of fused-ring (bicyclic) bond motifs is 2. The SMILES string of the molecule is CC1(c2nc(-c3nnc(N[C@H]4N=C(c5ccccc5)c5ccccc5NC4=O)o3)c(N3CCO[C@H]4CC[C@H]43)s2)CC1. The van der Waals surface area contributed by atoms with Crippen LogP contribution in [-0.2, 0) is 14.9 Å². The highest BCUT2D eigenvalue weighted by molar-refractivity contribution is 7.16. The number of thiazole rings is 1. The van der Waals surface area contributed by atoms with Crippen molar-refractivity contribution in [3.8, 4) is 11.6 Å².